The minimum absolute atomic E-state index is 0.0833. The van der Waals surface area contributed by atoms with Crippen LogP contribution in [0.4, 0.5) is 4.39 Å². The zero-order chi connectivity index (χ0) is 13.0. The van der Waals surface area contributed by atoms with Gasteiger partial charge < -0.3 is 11.1 Å². The Labute approximate surface area is 109 Å². The van der Waals surface area contributed by atoms with E-state index in [1.807, 2.05) is 0 Å². The SMILES string of the molecule is CC(CNC(=O)c1cccc(Cl)c1F)C(N)=S. The molecule has 1 amide bonds. The molecule has 0 aliphatic carbocycles. The fourth-order valence-electron chi connectivity index (χ4n) is 1.12. The first-order valence-corrected chi connectivity index (χ1v) is 5.73. The van der Waals surface area contributed by atoms with E-state index in [1.54, 1.807) is 6.92 Å². The van der Waals surface area contributed by atoms with E-state index in [2.05, 4.69) is 5.32 Å². The summed E-state index contributed by atoms with van der Waals surface area (Å²) in [6, 6.07) is 4.25. The summed E-state index contributed by atoms with van der Waals surface area (Å²) in [4.78, 5) is 12.0. The number of hydrogen-bond acceptors (Lipinski definition) is 2. The van der Waals surface area contributed by atoms with Crippen molar-refractivity contribution in [2.45, 2.75) is 6.92 Å². The number of halogens is 2. The van der Waals surface area contributed by atoms with E-state index in [1.165, 1.54) is 18.2 Å². The summed E-state index contributed by atoms with van der Waals surface area (Å²) >= 11 is 10.3. The molecule has 1 aromatic carbocycles. The van der Waals surface area contributed by atoms with Crippen LogP contribution in [0.15, 0.2) is 18.2 Å². The molecule has 0 aliphatic heterocycles. The van der Waals surface area contributed by atoms with Crippen LogP contribution in [0.2, 0.25) is 5.02 Å². The molecule has 0 spiro atoms. The average Bonchev–Trinajstić information content (AvgIpc) is 2.29. The van der Waals surface area contributed by atoms with Gasteiger partial charge in [0, 0.05) is 12.5 Å². The van der Waals surface area contributed by atoms with Crippen molar-refractivity contribution in [3.8, 4) is 0 Å². The maximum absolute atomic E-state index is 13.5. The van der Waals surface area contributed by atoms with Crippen molar-refractivity contribution < 1.29 is 9.18 Å². The number of nitrogens with two attached hydrogens (primary N) is 1. The van der Waals surface area contributed by atoms with Crippen LogP contribution >= 0.6 is 23.8 Å². The number of carbonyl (C=O) groups excluding carboxylic acids is 1. The Bertz CT molecular complexity index is 453. The molecule has 0 radical (unpaired) electrons. The Morgan fingerprint density at radius 2 is 2.29 bits per heavy atom. The van der Waals surface area contributed by atoms with Gasteiger partial charge >= 0.3 is 0 Å². The summed E-state index contributed by atoms with van der Waals surface area (Å²) in [5.74, 6) is -1.40. The number of benzene rings is 1. The third-order valence-electron chi connectivity index (χ3n) is 2.25. The van der Waals surface area contributed by atoms with Crippen molar-refractivity contribution in [3.05, 3.63) is 34.6 Å². The quantitative estimate of drug-likeness (QED) is 0.827. The van der Waals surface area contributed by atoms with Crippen molar-refractivity contribution in [2.24, 2.45) is 11.7 Å². The van der Waals surface area contributed by atoms with E-state index in [0.29, 0.717) is 4.99 Å². The van der Waals surface area contributed by atoms with Crippen LogP contribution in [-0.4, -0.2) is 17.4 Å². The number of thiocarbonyl (C=S) groups is 1. The normalized spacial score (nSPS) is 11.9. The Morgan fingerprint density at radius 3 is 2.88 bits per heavy atom. The van der Waals surface area contributed by atoms with Crippen LogP contribution in [0.3, 0.4) is 0 Å². The molecule has 1 unspecified atom stereocenters. The van der Waals surface area contributed by atoms with Crippen LogP contribution in [0, 0.1) is 11.7 Å². The molecule has 3 N–H and O–H groups in total. The first-order chi connectivity index (χ1) is 7.93. The maximum atomic E-state index is 13.5. The van der Waals surface area contributed by atoms with Gasteiger partial charge in [-0.1, -0.05) is 36.8 Å². The molecule has 6 heteroatoms. The number of hydrogen-bond donors (Lipinski definition) is 2. The summed E-state index contributed by atoms with van der Waals surface area (Å²) in [5.41, 5.74) is 5.31. The molecule has 0 saturated carbocycles. The van der Waals surface area contributed by atoms with E-state index < -0.39 is 11.7 Å². The average molecular weight is 275 g/mol. The van der Waals surface area contributed by atoms with Gasteiger partial charge in [0.1, 0.15) is 0 Å². The Kier molecular flexibility index (Phi) is 4.84. The minimum Gasteiger partial charge on any atom is -0.393 e. The van der Waals surface area contributed by atoms with Gasteiger partial charge in [0.2, 0.25) is 0 Å². The standard InChI is InChI=1S/C11H12ClFN2OS/c1-6(10(14)17)5-15-11(16)7-3-2-4-8(12)9(7)13/h2-4,6H,5H2,1H3,(H2,14,17)(H,15,16). The molecule has 0 aliphatic rings. The molecule has 1 rings (SSSR count). The van der Waals surface area contributed by atoms with Gasteiger partial charge in [-0.25, -0.2) is 4.39 Å². The summed E-state index contributed by atoms with van der Waals surface area (Å²) in [6.07, 6.45) is 0. The summed E-state index contributed by atoms with van der Waals surface area (Å²) in [6.45, 7) is 2.04. The lowest BCUT2D eigenvalue weighted by molar-refractivity contribution is 0.0947. The molecular weight excluding hydrogens is 263 g/mol. The molecule has 3 nitrogen and oxygen atoms in total. The molecule has 0 bridgehead atoms. The number of rotatable bonds is 4. The predicted octanol–water partition coefficient (Wildman–Crippen LogP) is 2.13. The number of carbonyl (C=O) groups is 1. The first-order valence-electron chi connectivity index (χ1n) is 4.95. The molecule has 0 saturated heterocycles. The summed E-state index contributed by atoms with van der Waals surface area (Å²) in [7, 11) is 0. The third-order valence-corrected chi connectivity index (χ3v) is 2.95. The first kappa shape index (κ1) is 13.9. The third kappa shape index (κ3) is 3.64. The van der Waals surface area contributed by atoms with Crippen molar-refractivity contribution in [1.82, 2.24) is 5.32 Å². The topological polar surface area (TPSA) is 55.1 Å². The van der Waals surface area contributed by atoms with Crippen LogP contribution in [0.25, 0.3) is 0 Å². The Hall–Kier alpha value is -1.20. The van der Waals surface area contributed by atoms with E-state index in [4.69, 9.17) is 29.6 Å². The van der Waals surface area contributed by atoms with Crippen molar-refractivity contribution in [1.29, 1.82) is 0 Å². The molecule has 1 atom stereocenters. The van der Waals surface area contributed by atoms with Gasteiger partial charge in [0.15, 0.2) is 5.82 Å². The summed E-state index contributed by atoms with van der Waals surface area (Å²) < 4.78 is 13.5. The second-order valence-electron chi connectivity index (χ2n) is 3.61. The maximum Gasteiger partial charge on any atom is 0.254 e. The van der Waals surface area contributed by atoms with Crippen LogP contribution in [-0.2, 0) is 0 Å². The second kappa shape index (κ2) is 5.93. The van der Waals surface area contributed by atoms with Crippen LogP contribution < -0.4 is 11.1 Å². The Morgan fingerprint density at radius 1 is 1.65 bits per heavy atom. The molecule has 0 heterocycles. The van der Waals surface area contributed by atoms with Gasteiger partial charge in [-0.05, 0) is 12.1 Å². The van der Waals surface area contributed by atoms with Gasteiger partial charge in [0.25, 0.3) is 5.91 Å². The molecule has 1 aromatic rings. The van der Waals surface area contributed by atoms with E-state index in [9.17, 15) is 9.18 Å². The predicted molar refractivity (Wildman–Crippen MR) is 69.7 cm³/mol. The second-order valence-corrected chi connectivity index (χ2v) is 4.49. The number of amides is 1. The van der Waals surface area contributed by atoms with Gasteiger partial charge in [-0.15, -0.1) is 0 Å². The van der Waals surface area contributed by atoms with Crippen LogP contribution in [0.5, 0.6) is 0 Å². The highest BCUT2D eigenvalue weighted by Gasteiger charge is 2.15. The highest BCUT2D eigenvalue weighted by molar-refractivity contribution is 7.80. The molecule has 0 aromatic heterocycles. The zero-order valence-corrected chi connectivity index (χ0v) is 10.7. The summed E-state index contributed by atoms with van der Waals surface area (Å²) in [5, 5.41) is 2.46. The largest absolute Gasteiger partial charge is 0.393 e. The lowest BCUT2D eigenvalue weighted by atomic mass is 10.1. The highest BCUT2D eigenvalue weighted by atomic mass is 35.5. The highest BCUT2D eigenvalue weighted by Crippen LogP contribution is 2.17. The lowest BCUT2D eigenvalue weighted by Crippen LogP contribution is -2.34. The smallest absolute Gasteiger partial charge is 0.254 e. The fraction of sp³-hybridized carbons (Fsp3) is 0.273. The Balaban J connectivity index is 2.71. The molecule has 0 fully saturated rings. The monoisotopic (exact) mass is 274 g/mol. The van der Waals surface area contributed by atoms with Crippen molar-refractivity contribution >= 4 is 34.7 Å². The fourth-order valence-corrected chi connectivity index (χ4v) is 1.38. The van der Waals surface area contributed by atoms with Crippen molar-refractivity contribution in [2.75, 3.05) is 6.54 Å². The van der Waals surface area contributed by atoms with E-state index in [-0.39, 0.29) is 23.0 Å². The minimum atomic E-state index is -0.727. The molecular formula is C11H12ClFN2OS. The van der Waals surface area contributed by atoms with Crippen LogP contribution in [0.1, 0.15) is 17.3 Å². The van der Waals surface area contributed by atoms with E-state index in [0.717, 1.165) is 0 Å². The lowest BCUT2D eigenvalue weighted by Gasteiger charge is -2.11. The van der Waals surface area contributed by atoms with Crippen molar-refractivity contribution in [3.63, 3.8) is 0 Å². The van der Waals surface area contributed by atoms with E-state index >= 15 is 0 Å². The van der Waals surface area contributed by atoms with Gasteiger partial charge in [-0.3, -0.25) is 4.79 Å². The van der Waals surface area contributed by atoms with Gasteiger partial charge in [0.05, 0.1) is 15.6 Å². The number of nitrogens with one attached hydrogen (secondary N) is 1. The van der Waals surface area contributed by atoms with Gasteiger partial charge in [-0.2, -0.15) is 0 Å². The molecule has 92 valence electrons. The zero-order valence-electron chi connectivity index (χ0n) is 9.17. The molecule has 17 heavy (non-hydrogen) atoms.